The second-order valence-corrected chi connectivity index (χ2v) is 5.78. The highest BCUT2D eigenvalue weighted by molar-refractivity contribution is 6.04. The van der Waals surface area contributed by atoms with Crippen molar-refractivity contribution in [3.8, 4) is 11.5 Å². The first-order valence-corrected chi connectivity index (χ1v) is 7.87. The van der Waals surface area contributed by atoms with Crippen LogP contribution in [-0.2, 0) is 0 Å². The first-order chi connectivity index (χ1) is 12.0. The lowest BCUT2D eigenvalue weighted by molar-refractivity contribution is 0.102. The Morgan fingerprint density at radius 2 is 1.72 bits per heavy atom. The standard InChI is InChI=1S/C20H18N2O3/c1-13-4-3-5-17(12-13)25-16-9-7-15(8-10-16)22-20(24)18-11-6-14(2)21-19(18)23/h3-12H,1-2H3,(H,21,23)(H,22,24). The summed E-state index contributed by atoms with van der Waals surface area (Å²) in [6.07, 6.45) is 0. The van der Waals surface area contributed by atoms with Gasteiger partial charge in [0.15, 0.2) is 0 Å². The average molecular weight is 334 g/mol. The number of ether oxygens (including phenoxy) is 1. The number of hydrogen-bond donors (Lipinski definition) is 2. The summed E-state index contributed by atoms with van der Waals surface area (Å²) in [5.41, 5.74) is 2.08. The molecule has 0 aliphatic carbocycles. The molecule has 2 N–H and O–H groups in total. The van der Waals surface area contributed by atoms with E-state index in [1.165, 1.54) is 6.07 Å². The quantitative estimate of drug-likeness (QED) is 0.756. The highest BCUT2D eigenvalue weighted by Gasteiger charge is 2.10. The van der Waals surface area contributed by atoms with Crippen LogP contribution in [0.25, 0.3) is 0 Å². The van der Waals surface area contributed by atoms with E-state index in [2.05, 4.69) is 10.3 Å². The molecule has 0 saturated heterocycles. The minimum Gasteiger partial charge on any atom is -0.457 e. The molecule has 25 heavy (non-hydrogen) atoms. The molecule has 3 rings (SSSR count). The summed E-state index contributed by atoms with van der Waals surface area (Å²) in [6.45, 7) is 3.76. The highest BCUT2D eigenvalue weighted by Crippen LogP contribution is 2.23. The summed E-state index contributed by atoms with van der Waals surface area (Å²) in [5, 5.41) is 2.70. The zero-order chi connectivity index (χ0) is 17.8. The van der Waals surface area contributed by atoms with Gasteiger partial charge >= 0.3 is 0 Å². The maximum atomic E-state index is 12.2. The van der Waals surface area contributed by atoms with Gasteiger partial charge in [-0.15, -0.1) is 0 Å². The minimum absolute atomic E-state index is 0.0747. The van der Waals surface area contributed by atoms with Crippen LogP contribution in [0, 0.1) is 13.8 Å². The fourth-order valence-corrected chi connectivity index (χ4v) is 2.37. The van der Waals surface area contributed by atoms with Gasteiger partial charge in [0.2, 0.25) is 0 Å². The Morgan fingerprint density at radius 1 is 0.960 bits per heavy atom. The van der Waals surface area contributed by atoms with E-state index in [1.54, 1.807) is 37.3 Å². The third kappa shape index (κ3) is 4.14. The van der Waals surface area contributed by atoms with E-state index >= 15 is 0 Å². The number of hydrogen-bond acceptors (Lipinski definition) is 3. The SMILES string of the molecule is Cc1cccc(Oc2ccc(NC(=O)c3ccc(C)[nH]c3=O)cc2)c1. The molecule has 1 aromatic heterocycles. The smallest absolute Gasteiger partial charge is 0.261 e. The van der Waals surface area contributed by atoms with E-state index in [1.807, 2.05) is 31.2 Å². The number of aryl methyl sites for hydroxylation is 2. The number of carbonyl (C=O) groups excluding carboxylic acids is 1. The normalized spacial score (nSPS) is 10.3. The lowest BCUT2D eigenvalue weighted by Gasteiger charge is -2.08. The molecule has 0 bridgehead atoms. The van der Waals surface area contributed by atoms with E-state index < -0.39 is 11.5 Å². The van der Waals surface area contributed by atoms with Crippen LogP contribution in [0.3, 0.4) is 0 Å². The zero-order valence-electron chi connectivity index (χ0n) is 14.0. The van der Waals surface area contributed by atoms with Crippen LogP contribution < -0.4 is 15.6 Å². The molecule has 1 amide bonds. The van der Waals surface area contributed by atoms with Crippen molar-refractivity contribution in [2.45, 2.75) is 13.8 Å². The molecule has 0 unspecified atom stereocenters. The molecule has 126 valence electrons. The van der Waals surface area contributed by atoms with Crippen molar-refractivity contribution < 1.29 is 9.53 Å². The van der Waals surface area contributed by atoms with Crippen LogP contribution in [0.15, 0.2) is 65.5 Å². The van der Waals surface area contributed by atoms with Gasteiger partial charge in [0, 0.05) is 11.4 Å². The Kier molecular flexibility index (Phi) is 4.66. The van der Waals surface area contributed by atoms with Gasteiger partial charge in [-0.25, -0.2) is 0 Å². The first-order valence-electron chi connectivity index (χ1n) is 7.87. The van der Waals surface area contributed by atoms with Crippen molar-refractivity contribution in [3.63, 3.8) is 0 Å². The van der Waals surface area contributed by atoms with E-state index in [9.17, 15) is 9.59 Å². The fourth-order valence-electron chi connectivity index (χ4n) is 2.37. The monoisotopic (exact) mass is 334 g/mol. The molecule has 0 radical (unpaired) electrons. The van der Waals surface area contributed by atoms with Crippen LogP contribution in [0.4, 0.5) is 5.69 Å². The number of H-pyrrole nitrogens is 1. The second-order valence-electron chi connectivity index (χ2n) is 5.78. The number of amides is 1. The first kappa shape index (κ1) is 16.5. The molecule has 3 aromatic rings. The molecule has 0 aliphatic rings. The Labute approximate surface area is 145 Å². The molecule has 2 aromatic carbocycles. The molecular weight excluding hydrogens is 316 g/mol. The number of rotatable bonds is 4. The fraction of sp³-hybridized carbons (Fsp3) is 0.100. The Morgan fingerprint density at radius 3 is 2.40 bits per heavy atom. The molecule has 5 nitrogen and oxygen atoms in total. The summed E-state index contributed by atoms with van der Waals surface area (Å²) in [6, 6.07) is 17.9. The number of aromatic amines is 1. The molecular formula is C20H18N2O3. The van der Waals surface area contributed by atoms with Crippen LogP contribution >= 0.6 is 0 Å². The van der Waals surface area contributed by atoms with Gasteiger partial charge in [0.1, 0.15) is 17.1 Å². The summed E-state index contributed by atoms with van der Waals surface area (Å²) < 4.78 is 5.77. The van der Waals surface area contributed by atoms with Gasteiger partial charge in [-0.1, -0.05) is 12.1 Å². The number of aromatic nitrogens is 1. The lowest BCUT2D eigenvalue weighted by atomic mass is 10.2. The molecule has 0 spiro atoms. The van der Waals surface area contributed by atoms with Crippen LogP contribution in [-0.4, -0.2) is 10.9 Å². The van der Waals surface area contributed by atoms with Gasteiger partial charge in [0.25, 0.3) is 11.5 Å². The van der Waals surface area contributed by atoms with Crippen molar-refractivity contribution >= 4 is 11.6 Å². The van der Waals surface area contributed by atoms with Crippen molar-refractivity contribution in [2.75, 3.05) is 5.32 Å². The maximum absolute atomic E-state index is 12.2. The highest BCUT2D eigenvalue weighted by atomic mass is 16.5. The van der Waals surface area contributed by atoms with Crippen LogP contribution in [0.2, 0.25) is 0 Å². The van der Waals surface area contributed by atoms with Crippen molar-refractivity contribution in [1.29, 1.82) is 0 Å². The summed E-state index contributed by atoms with van der Waals surface area (Å²) >= 11 is 0. The van der Waals surface area contributed by atoms with Crippen molar-refractivity contribution in [1.82, 2.24) is 4.98 Å². The van der Waals surface area contributed by atoms with Gasteiger partial charge in [-0.3, -0.25) is 9.59 Å². The Hall–Kier alpha value is -3.34. The summed E-state index contributed by atoms with van der Waals surface area (Å²) in [4.78, 5) is 26.6. The van der Waals surface area contributed by atoms with Gasteiger partial charge in [-0.05, 0) is 67.9 Å². The predicted octanol–water partition coefficient (Wildman–Crippen LogP) is 4.04. The Balaban J connectivity index is 1.70. The van der Waals surface area contributed by atoms with Crippen LogP contribution in [0.1, 0.15) is 21.6 Å². The third-order valence-electron chi connectivity index (χ3n) is 3.64. The molecule has 0 fully saturated rings. The van der Waals surface area contributed by atoms with Crippen molar-refractivity contribution in [2.24, 2.45) is 0 Å². The minimum atomic E-state index is -0.450. The number of nitrogens with one attached hydrogen (secondary N) is 2. The number of anilines is 1. The number of carbonyl (C=O) groups is 1. The Bertz CT molecular complexity index is 959. The van der Waals surface area contributed by atoms with Gasteiger partial charge < -0.3 is 15.0 Å². The molecule has 0 atom stereocenters. The van der Waals surface area contributed by atoms with E-state index in [-0.39, 0.29) is 5.56 Å². The topological polar surface area (TPSA) is 71.2 Å². The largest absolute Gasteiger partial charge is 0.457 e. The third-order valence-corrected chi connectivity index (χ3v) is 3.64. The second kappa shape index (κ2) is 7.05. The van der Waals surface area contributed by atoms with Gasteiger partial charge in [0.05, 0.1) is 0 Å². The van der Waals surface area contributed by atoms with Gasteiger partial charge in [-0.2, -0.15) is 0 Å². The summed E-state index contributed by atoms with van der Waals surface area (Å²) in [5.74, 6) is 0.966. The maximum Gasteiger partial charge on any atom is 0.261 e. The van der Waals surface area contributed by atoms with E-state index in [4.69, 9.17) is 4.74 Å². The molecule has 5 heteroatoms. The van der Waals surface area contributed by atoms with Crippen molar-refractivity contribution in [3.05, 3.63) is 87.8 Å². The number of benzene rings is 2. The zero-order valence-corrected chi connectivity index (χ0v) is 14.0. The molecule has 0 aliphatic heterocycles. The molecule has 0 saturated carbocycles. The van der Waals surface area contributed by atoms with E-state index in [0.29, 0.717) is 17.1 Å². The summed E-state index contributed by atoms with van der Waals surface area (Å²) in [7, 11) is 0. The lowest BCUT2D eigenvalue weighted by Crippen LogP contribution is -2.23. The average Bonchev–Trinajstić information content (AvgIpc) is 2.56. The molecule has 1 heterocycles. The predicted molar refractivity (Wildman–Crippen MR) is 97.4 cm³/mol. The van der Waals surface area contributed by atoms with E-state index in [0.717, 1.165) is 11.3 Å². The van der Waals surface area contributed by atoms with Crippen LogP contribution in [0.5, 0.6) is 11.5 Å². The number of pyridine rings is 1.